The molecule has 0 aromatic heterocycles. The molecule has 1 rings (SSSR count). The van der Waals surface area contributed by atoms with Crippen LogP contribution in [0.3, 0.4) is 0 Å². The van der Waals surface area contributed by atoms with E-state index in [2.05, 4.69) is 31.0 Å². The summed E-state index contributed by atoms with van der Waals surface area (Å²) in [5, 5.41) is 3.50. The molecule has 0 bridgehead atoms. The molecule has 15 heavy (non-hydrogen) atoms. The van der Waals surface area contributed by atoms with Gasteiger partial charge in [0, 0.05) is 6.54 Å². The number of hydrogen-bond donors (Lipinski definition) is 1. The standard InChI is InChI=1S/C13H28N2/c1-12(2)10-14-7-4-5-8-15-9-6-13(3)11-15/h12-14H,4-11H2,1-3H3. The minimum absolute atomic E-state index is 0.782. The van der Waals surface area contributed by atoms with Gasteiger partial charge in [-0.15, -0.1) is 0 Å². The first-order chi connectivity index (χ1) is 7.18. The lowest BCUT2D eigenvalue weighted by Crippen LogP contribution is -2.24. The van der Waals surface area contributed by atoms with Gasteiger partial charge in [-0.2, -0.15) is 0 Å². The van der Waals surface area contributed by atoms with Gasteiger partial charge >= 0.3 is 0 Å². The number of rotatable bonds is 7. The Bertz CT molecular complexity index is 157. The average Bonchev–Trinajstić information content (AvgIpc) is 2.57. The summed E-state index contributed by atoms with van der Waals surface area (Å²) in [7, 11) is 0. The molecule has 1 fully saturated rings. The number of nitrogens with one attached hydrogen (secondary N) is 1. The highest BCUT2D eigenvalue weighted by Gasteiger charge is 2.17. The van der Waals surface area contributed by atoms with Crippen molar-refractivity contribution in [2.75, 3.05) is 32.7 Å². The van der Waals surface area contributed by atoms with Crippen LogP contribution in [0.15, 0.2) is 0 Å². The first kappa shape index (κ1) is 13.0. The van der Waals surface area contributed by atoms with E-state index in [9.17, 15) is 0 Å². The second-order valence-corrected chi connectivity index (χ2v) is 5.50. The largest absolute Gasteiger partial charge is 0.316 e. The molecule has 1 aliphatic heterocycles. The van der Waals surface area contributed by atoms with Crippen LogP contribution in [0.1, 0.15) is 40.0 Å². The van der Waals surface area contributed by atoms with Crippen LogP contribution in [-0.4, -0.2) is 37.6 Å². The lowest BCUT2D eigenvalue weighted by atomic mass is 10.2. The zero-order valence-corrected chi connectivity index (χ0v) is 10.8. The van der Waals surface area contributed by atoms with Crippen molar-refractivity contribution in [1.29, 1.82) is 0 Å². The Labute approximate surface area is 95.4 Å². The van der Waals surface area contributed by atoms with Gasteiger partial charge in [0.2, 0.25) is 0 Å². The summed E-state index contributed by atoms with van der Waals surface area (Å²) < 4.78 is 0. The van der Waals surface area contributed by atoms with Gasteiger partial charge in [0.1, 0.15) is 0 Å². The highest BCUT2D eigenvalue weighted by Crippen LogP contribution is 2.14. The lowest BCUT2D eigenvalue weighted by molar-refractivity contribution is 0.318. The van der Waals surface area contributed by atoms with Crippen LogP contribution in [0.5, 0.6) is 0 Å². The van der Waals surface area contributed by atoms with Crippen molar-refractivity contribution in [3.8, 4) is 0 Å². The molecule has 1 N–H and O–H groups in total. The zero-order chi connectivity index (χ0) is 11.1. The van der Waals surface area contributed by atoms with Crippen molar-refractivity contribution < 1.29 is 0 Å². The van der Waals surface area contributed by atoms with E-state index in [0.29, 0.717) is 0 Å². The van der Waals surface area contributed by atoms with Gasteiger partial charge in [-0.1, -0.05) is 20.8 Å². The molecule has 0 amide bonds. The first-order valence-corrected chi connectivity index (χ1v) is 6.61. The second kappa shape index (κ2) is 7.24. The Balaban J connectivity index is 1.85. The normalized spacial score (nSPS) is 22.8. The summed E-state index contributed by atoms with van der Waals surface area (Å²) in [6.45, 7) is 13.2. The fraction of sp³-hybridized carbons (Fsp3) is 1.00. The van der Waals surface area contributed by atoms with Crippen LogP contribution in [0.2, 0.25) is 0 Å². The van der Waals surface area contributed by atoms with Crippen molar-refractivity contribution in [3.05, 3.63) is 0 Å². The van der Waals surface area contributed by atoms with Crippen molar-refractivity contribution >= 4 is 0 Å². The molecular weight excluding hydrogens is 184 g/mol. The van der Waals surface area contributed by atoms with E-state index in [0.717, 1.165) is 11.8 Å². The Hall–Kier alpha value is -0.0800. The lowest BCUT2D eigenvalue weighted by Gasteiger charge is -2.15. The third-order valence-electron chi connectivity index (χ3n) is 3.14. The number of hydrogen-bond acceptors (Lipinski definition) is 2. The van der Waals surface area contributed by atoms with Gasteiger partial charge in [-0.05, 0) is 57.3 Å². The fourth-order valence-corrected chi connectivity index (χ4v) is 2.21. The van der Waals surface area contributed by atoms with E-state index in [4.69, 9.17) is 0 Å². The van der Waals surface area contributed by atoms with Gasteiger partial charge < -0.3 is 10.2 Å². The predicted molar refractivity (Wildman–Crippen MR) is 67.2 cm³/mol. The highest BCUT2D eigenvalue weighted by atomic mass is 15.1. The SMILES string of the molecule is CC(C)CNCCCCN1CCC(C)C1. The summed E-state index contributed by atoms with van der Waals surface area (Å²) in [5.41, 5.74) is 0. The second-order valence-electron chi connectivity index (χ2n) is 5.50. The predicted octanol–water partition coefficient (Wildman–Crippen LogP) is 2.35. The van der Waals surface area contributed by atoms with Gasteiger partial charge in [-0.25, -0.2) is 0 Å². The maximum Gasteiger partial charge on any atom is 0.000750 e. The van der Waals surface area contributed by atoms with Gasteiger partial charge in [0.15, 0.2) is 0 Å². The molecule has 0 spiro atoms. The quantitative estimate of drug-likeness (QED) is 0.652. The van der Waals surface area contributed by atoms with Gasteiger partial charge in [-0.3, -0.25) is 0 Å². The van der Waals surface area contributed by atoms with Crippen LogP contribution in [0.4, 0.5) is 0 Å². The van der Waals surface area contributed by atoms with E-state index < -0.39 is 0 Å². The molecule has 90 valence electrons. The van der Waals surface area contributed by atoms with Crippen molar-refractivity contribution in [1.82, 2.24) is 10.2 Å². The molecule has 0 saturated carbocycles. The Morgan fingerprint density at radius 2 is 2.13 bits per heavy atom. The van der Waals surface area contributed by atoms with E-state index >= 15 is 0 Å². The van der Waals surface area contributed by atoms with Gasteiger partial charge in [0.25, 0.3) is 0 Å². The molecule has 1 aliphatic rings. The average molecular weight is 212 g/mol. The third kappa shape index (κ3) is 6.16. The molecule has 1 atom stereocenters. The van der Waals surface area contributed by atoms with Crippen LogP contribution >= 0.6 is 0 Å². The summed E-state index contributed by atoms with van der Waals surface area (Å²) in [6, 6.07) is 0. The molecule has 0 radical (unpaired) electrons. The van der Waals surface area contributed by atoms with E-state index in [-0.39, 0.29) is 0 Å². The van der Waals surface area contributed by atoms with Crippen LogP contribution < -0.4 is 5.32 Å². The fourth-order valence-electron chi connectivity index (χ4n) is 2.21. The van der Waals surface area contributed by atoms with Crippen molar-refractivity contribution in [2.24, 2.45) is 11.8 Å². The van der Waals surface area contributed by atoms with E-state index in [1.54, 1.807) is 0 Å². The van der Waals surface area contributed by atoms with E-state index in [1.165, 1.54) is 52.0 Å². The van der Waals surface area contributed by atoms with Crippen LogP contribution in [0.25, 0.3) is 0 Å². The summed E-state index contributed by atoms with van der Waals surface area (Å²) in [6.07, 6.45) is 4.10. The molecular formula is C13H28N2. The zero-order valence-electron chi connectivity index (χ0n) is 10.8. The Morgan fingerprint density at radius 3 is 2.73 bits per heavy atom. The molecule has 1 unspecified atom stereocenters. The summed E-state index contributed by atoms with van der Waals surface area (Å²) in [4.78, 5) is 2.62. The van der Waals surface area contributed by atoms with Crippen LogP contribution in [-0.2, 0) is 0 Å². The summed E-state index contributed by atoms with van der Waals surface area (Å²) in [5.74, 6) is 1.72. The van der Waals surface area contributed by atoms with Crippen LogP contribution in [0, 0.1) is 11.8 Å². The maximum absolute atomic E-state index is 3.50. The molecule has 2 nitrogen and oxygen atoms in total. The minimum atomic E-state index is 0.782. The molecule has 0 aromatic rings. The first-order valence-electron chi connectivity index (χ1n) is 6.61. The number of unbranched alkanes of at least 4 members (excludes halogenated alkanes) is 1. The smallest absolute Gasteiger partial charge is 0.000750 e. The van der Waals surface area contributed by atoms with Gasteiger partial charge in [0.05, 0.1) is 0 Å². The highest BCUT2D eigenvalue weighted by molar-refractivity contribution is 4.71. The number of likely N-dealkylation sites (tertiary alicyclic amines) is 1. The van der Waals surface area contributed by atoms with E-state index in [1.807, 2.05) is 0 Å². The Morgan fingerprint density at radius 1 is 1.33 bits per heavy atom. The minimum Gasteiger partial charge on any atom is -0.316 e. The monoisotopic (exact) mass is 212 g/mol. The van der Waals surface area contributed by atoms with Crippen molar-refractivity contribution in [2.45, 2.75) is 40.0 Å². The Kier molecular flexibility index (Phi) is 6.26. The topological polar surface area (TPSA) is 15.3 Å². The molecule has 1 heterocycles. The molecule has 1 saturated heterocycles. The molecule has 2 heteroatoms. The number of nitrogens with zero attached hydrogens (tertiary/aromatic N) is 1. The molecule has 0 aromatic carbocycles. The maximum atomic E-state index is 3.50. The summed E-state index contributed by atoms with van der Waals surface area (Å²) >= 11 is 0. The van der Waals surface area contributed by atoms with Crippen molar-refractivity contribution in [3.63, 3.8) is 0 Å². The molecule has 0 aliphatic carbocycles. The third-order valence-corrected chi connectivity index (χ3v) is 3.14.